The number of benzene rings is 1. The van der Waals surface area contributed by atoms with Gasteiger partial charge in [-0.2, -0.15) is 0 Å². The average Bonchev–Trinajstić information content (AvgIpc) is 3.03. The lowest BCUT2D eigenvalue weighted by molar-refractivity contribution is -0.130. The van der Waals surface area contributed by atoms with E-state index in [-0.39, 0.29) is 17.4 Å². The first kappa shape index (κ1) is 15.3. The summed E-state index contributed by atoms with van der Waals surface area (Å²) in [4.78, 5) is 16.6. The van der Waals surface area contributed by atoms with Gasteiger partial charge in [-0.25, -0.2) is 0 Å². The van der Waals surface area contributed by atoms with Crippen LogP contribution in [0.5, 0.6) is 0 Å². The number of hydrogen-bond acceptors (Lipinski definition) is 4. The Balaban J connectivity index is 1.67. The van der Waals surface area contributed by atoms with Crippen LogP contribution in [0.3, 0.4) is 0 Å². The van der Waals surface area contributed by atoms with Gasteiger partial charge in [-0.3, -0.25) is 4.79 Å². The summed E-state index contributed by atoms with van der Waals surface area (Å²) in [5, 5.41) is 2.98. The van der Waals surface area contributed by atoms with Crippen LogP contribution >= 0.6 is 0 Å². The van der Waals surface area contributed by atoms with E-state index in [0.717, 1.165) is 19.5 Å². The molecule has 2 heterocycles. The van der Waals surface area contributed by atoms with E-state index in [1.54, 1.807) is 0 Å². The summed E-state index contributed by atoms with van der Waals surface area (Å²) in [6.07, 6.45) is 0.434. The predicted molar refractivity (Wildman–Crippen MR) is 87.3 cm³/mol. The van der Waals surface area contributed by atoms with Crippen LogP contribution in [0, 0.1) is 0 Å². The molecule has 0 unspecified atom stereocenters. The highest BCUT2D eigenvalue weighted by Crippen LogP contribution is 2.46. The largest absolute Gasteiger partial charge is 0.373 e. The molecule has 1 spiro atoms. The molecule has 1 fully saturated rings. The van der Waals surface area contributed by atoms with Gasteiger partial charge in [0, 0.05) is 37.8 Å². The minimum absolute atomic E-state index is 0.0192. The lowest BCUT2D eigenvalue weighted by Gasteiger charge is -2.22. The number of nitrogens with one attached hydrogen (secondary N) is 1. The highest BCUT2D eigenvalue weighted by atomic mass is 16.5. The van der Waals surface area contributed by atoms with Gasteiger partial charge in [0.15, 0.2) is 0 Å². The first-order valence-corrected chi connectivity index (χ1v) is 7.86. The summed E-state index contributed by atoms with van der Waals surface area (Å²) in [5.41, 5.74) is 2.55. The Kier molecular flexibility index (Phi) is 4.10. The van der Waals surface area contributed by atoms with Gasteiger partial charge < -0.3 is 19.9 Å². The smallest absolute Gasteiger partial charge is 0.249 e. The highest BCUT2D eigenvalue weighted by molar-refractivity contribution is 5.81. The Bertz CT molecular complexity index is 561. The summed E-state index contributed by atoms with van der Waals surface area (Å²) < 4.78 is 5.86. The van der Waals surface area contributed by atoms with E-state index in [1.165, 1.54) is 11.3 Å². The minimum Gasteiger partial charge on any atom is -0.373 e. The summed E-state index contributed by atoms with van der Waals surface area (Å²) in [7, 11) is 6.11. The number of amides is 1. The van der Waals surface area contributed by atoms with E-state index in [1.807, 2.05) is 14.1 Å². The number of anilines is 1. The lowest BCUT2D eigenvalue weighted by Crippen LogP contribution is -2.39. The van der Waals surface area contributed by atoms with Crippen LogP contribution in [0.2, 0.25) is 0 Å². The van der Waals surface area contributed by atoms with Gasteiger partial charge in [-0.15, -0.1) is 0 Å². The molecule has 1 N–H and O–H groups in total. The van der Waals surface area contributed by atoms with Crippen LogP contribution < -0.4 is 10.2 Å². The Hall–Kier alpha value is -1.59. The van der Waals surface area contributed by atoms with Gasteiger partial charge in [-0.1, -0.05) is 18.2 Å². The van der Waals surface area contributed by atoms with Crippen molar-refractivity contribution in [2.75, 3.05) is 52.3 Å². The molecule has 1 aromatic rings. The van der Waals surface area contributed by atoms with Crippen LogP contribution in [0.4, 0.5) is 5.69 Å². The topological polar surface area (TPSA) is 44.8 Å². The molecule has 1 saturated heterocycles. The molecular weight excluding hydrogens is 278 g/mol. The van der Waals surface area contributed by atoms with E-state index >= 15 is 0 Å². The third kappa shape index (κ3) is 2.71. The summed E-state index contributed by atoms with van der Waals surface area (Å²) in [6.45, 7) is 3.05. The van der Waals surface area contributed by atoms with Gasteiger partial charge >= 0.3 is 0 Å². The van der Waals surface area contributed by atoms with Gasteiger partial charge in [-0.05, 0) is 32.1 Å². The van der Waals surface area contributed by atoms with Crippen molar-refractivity contribution in [2.45, 2.75) is 17.9 Å². The van der Waals surface area contributed by atoms with Crippen molar-refractivity contribution in [3.05, 3.63) is 29.8 Å². The second-order valence-corrected chi connectivity index (χ2v) is 6.75. The second-order valence-electron chi connectivity index (χ2n) is 6.75. The fourth-order valence-electron chi connectivity index (χ4n) is 3.59. The molecular formula is C17H25N3O2. The van der Waals surface area contributed by atoms with E-state index in [0.29, 0.717) is 13.2 Å². The highest BCUT2D eigenvalue weighted by Gasteiger charge is 2.49. The number of likely N-dealkylation sites (N-methyl/N-ethyl adjacent to an activating group) is 2. The van der Waals surface area contributed by atoms with E-state index in [2.05, 4.69) is 46.4 Å². The van der Waals surface area contributed by atoms with Crippen molar-refractivity contribution in [3.63, 3.8) is 0 Å². The molecule has 2 aliphatic heterocycles. The van der Waals surface area contributed by atoms with Crippen LogP contribution in [0.15, 0.2) is 24.3 Å². The summed E-state index contributed by atoms with van der Waals surface area (Å²) in [6, 6.07) is 8.46. The number of hydrogen-bond donors (Lipinski definition) is 1. The molecule has 120 valence electrons. The zero-order valence-corrected chi connectivity index (χ0v) is 13.6. The predicted octanol–water partition coefficient (Wildman–Crippen LogP) is 0.841. The minimum atomic E-state index is -0.332. The molecule has 1 amide bonds. The Morgan fingerprint density at radius 1 is 1.45 bits per heavy atom. The maximum atomic E-state index is 12.3. The van der Waals surface area contributed by atoms with Crippen molar-refractivity contribution < 1.29 is 9.53 Å². The third-order valence-corrected chi connectivity index (χ3v) is 4.71. The molecule has 0 bridgehead atoms. The van der Waals surface area contributed by atoms with Crippen molar-refractivity contribution in [1.29, 1.82) is 0 Å². The molecule has 3 rings (SSSR count). The Labute approximate surface area is 132 Å². The first-order valence-electron chi connectivity index (χ1n) is 7.86. The lowest BCUT2D eigenvalue weighted by atomic mass is 9.80. The molecule has 1 aromatic carbocycles. The molecule has 5 heteroatoms. The SMILES string of the molecule is CN(C)CCNC(=O)[C@H]1C[C@@]2(CO1)CN(C)c1ccccc12. The van der Waals surface area contributed by atoms with Crippen LogP contribution in [0.1, 0.15) is 12.0 Å². The average molecular weight is 303 g/mol. The zero-order chi connectivity index (χ0) is 15.7. The number of nitrogens with zero attached hydrogens (tertiary/aromatic N) is 2. The van der Waals surface area contributed by atoms with Crippen LogP contribution in [0.25, 0.3) is 0 Å². The Morgan fingerprint density at radius 2 is 2.23 bits per heavy atom. The van der Waals surface area contributed by atoms with Gasteiger partial charge in [0.2, 0.25) is 5.91 Å². The fraction of sp³-hybridized carbons (Fsp3) is 0.588. The van der Waals surface area contributed by atoms with Gasteiger partial charge in [0.25, 0.3) is 0 Å². The van der Waals surface area contributed by atoms with Crippen molar-refractivity contribution >= 4 is 11.6 Å². The quantitative estimate of drug-likeness (QED) is 0.895. The van der Waals surface area contributed by atoms with E-state index < -0.39 is 0 Å². The molecule has 5 nitrogen and oxygen atoms in total. The number of ether oxygens (including phenoxy) is 1. The number of carbonyl (C=O) groups excluding carboxylic acids is 1. The Morgan fingerprint density at radius 3 is 3.00 bits per heavy atom. The van der Waals surface area contributed by atoms with Crippen molar-refractivity contribution in [1.82, 2.24) is 10.2 Å². The standard InChI is InChI=1S/C17H25N3O2/c1-19(2)9-8-18-16(21)15-10-17(12-22-15)11-20(3)14-7-5-4-6-13(14)17/h4-7,15H,8-12H2,1-3H3,(H,18,21)/t15-,17+/m1/s1. The maximum absolute atomic E-state index is 12.3. The summed E-state index contributed by atoms with van der Waals surface area (Å²) >= 11 is 0. The number of carbonyl (C=O) groups is 1. The van der Waals surface area contributed by atoms with Crippen molar-refractivity contribution in [3.8, 4) is 0 Å². The molecule has 2 aliphatic rings. The molecule has 2 atom stereocenters. The maximum Gasteiger partial charge on any atom is 0.249 e. The normalized spacial score (nSPS) is 26.7. The number of fused-ring (bicyclic) bond motifs is 2. The zero-order valence-electron chi connectivity index (χ0n) is 13.6. The molecule has 0 aliphatic carbocycles. The number of para-hydroxylation sites is 1. The van der Waals surface area contributed by atoms with E-state index in [9.17, 15) is 4.79 Å². The van der Waals surface area contributed by atoms with Crippen molar-refractivity contribution in [2.24, 2.45) is 0 Å². The molecule has 22 heavy (non-hydrogen) atoms. The van der Waals surface area contributed by atoms with E-state index in [4.69, 9.17) is 4.74 Å². The fourth-order valence-corrected chi connectivity index (χ4v) is 3.59. The molecule has 0 radical (unpaired) electrons. The first-order chi connectivity index (χ1) is 10.5. The summed E-state index contributed by atoms with van der Waals surface area (Å²) in [5.74, 6) is 0.0192. The van der Waals surface area contributed by atoms with Crippen LogP contribution in [-0.2, 0) is 14.9 Å². The monoisotopic (exact) mass is 303 g/mol. The van der Waals surface area contributed by atoms with Crippen LogP contribution in [-0.4, -0.2) is 64.3 Å². The van der Waals surface area contributed by atoms with Gasteiger partial charge in [0.1, 0.15) is 6.10 Å². The molecule has 0 aromatic heterocycles. The van der Waals surface area contributed by atoms with Gasteiger partial charge in [0.05, 0.1) is 6.61 Å². The third-order valence-electron chi connectivity index (χ3n) is 4.71. The second kappa shape index (κ2) is 5.89. The number of rotatable bonds is 4. The molecule has 0 saturated carbocycles.